The second-order valence-electron chi connectivity index (χ2n) is 8.22. The molecule has 1 atom stereocenters. The fourth-order valence-corrected chi connectivity index (χ4v) is 4.48. The van der Waals surface area contributed by atoms with Crippen molar-refractivity contribution in [2.45, 2.75) is 18.6 Å². The van der Waals surface area contributed by atoms with Crippen LogP contribution < -0.4 is 0 Å². The number of amides is 2. The fourth-order valence-electron chi connectivity index (χ4n) is 4.35. The molecular weight excluding hydrogens is 462 g/mol. The summed E-state index contributed by atoms with van der Waals surface area (Å²) in [6, 6.07) is 9.11. The average molecular weight is 484 g/mol. The summed E-state index contributed by atoms with van der Waals surface area (Å²) in [4.78, 5) is 30.9. The normalized spacial score (nSPS) is 19.7. The molecule has 2 aliphatic rings. The molecule has 10 heteroatoms. The fraction of sp³-hybridized carbons (Fsp3) is 0.391. The lowest BCUT2D eigenvalue weighted by Gasteiger charge is -2.38. The minimum atomic E-state index is -4.80. The molecule has 2 amide bonds. The highest BCUT2D eigenvalue weighted by molar-refractivity contribution is 6.30. The highest BCUT2D eigenvalue weighted by atomic mass is 35.5. The van der Waals surface area contributed by atoms with E-state index in [1.807, 2.05) is 0 Å². The monoisotopic (exact) mass is 483 g/mol. The quantitative estimate of drug-likeness (QED) is 0.616. The number of hydrogen-bond donors (Lipinski definition) is 0. The van der Waals surface area contributed by atoms with Crippen LogP contribution in [0.5, 0.6) is 0 Å². The van der Waals surface area contributed by atoms with Gasteiger partial charge in [-0.3, -0.25) is 14.5 Å². The zero-order valence-corrected chi connectivity index (χ0v) is 18.4. The number of carbonyl (C=O) groups is 2. The number of benzene rings is 2. The van der Waals surface area contributed by atoms with E-state index in [0.717, 1.165) is 6.07 Å². The molecule has 0 aromatic heterocycles. The lowest BCUT2D eigenvalue weighted by atomic mass is 10.1. The van der Waals surface area contributed by atoms with E-state index in [2.05, 4.69) is 4.90 Å². The molecule has 2 aliphatic heterocycles. The van der Waals surface area contributed by atoms with Gasteiger partial charge in [0.1, 0.15) is 5.82 Å². The summed E-state index contributed by atoms with van der Waals surface area (Å²) in [6.45, 7) is 3.26. The first-order valence-corrected chi connectivity index (χ1v) is 11.0. The molecule has 2 heterocycles. The summed E-state index contributed by atoms with van der Waals surface area (Å²) in [5, 5.41) is 0.565. The SMILES string of the molecule is O=C(c1ccc(Cl)cc1)N1CCN([C@H]2CCN(C(=O)c3ccc(C(F)(F)F)c(F)c3)C2)CC1. The summed E-state index contributed by atoms with van der Waals surface area (Å²) in [5.74, 6) is -1.99. The van der Waals surface area contributed by atoms with Crippen LogP contribution in [0.25, 0.3) is 0 Å². The number of halogens is 5. The predicted molar refractivity (Wildman–Crippen MR) is 115 cm³/mol. The van der Waals surface area contributed by atoms with E-state index in [-0.39, 0.29) is 17.5 Å². The van der Waals surface area contributed by atoms with Gasteiger partial charge in [0, 0.05) is 61.5 Å². The van der Waals surface area contributed by atoms with Gasteiger partial charge in [0.2, 0.25) is 0 Å². The molecule has 0 aliphatic carbocycles. The topological polar surface area (TPSA) is 43.9 Å². The largest absolute Gasteiger partial charge is 0.419 e. The van der Waals surface area contributed by atoms with Crippen molar-refractivity contribution in [2.75, 3.05) is 39.3 Å². The van der Waals surface area contributed by atoms with Gasteiger partial charge < -0.3 is 9.80 Å². The summed E-state index contributed by atoms with van der Waals surface area (Å²) in [6.07, 6.45) is -4.10. The maximum Gasteiger partial charge on any atom is 0.419 e. The van der Waals surface area contributed by atoms with E-state index >= 15 is 0 Å². The minimum Gasteiger partial charge on any atom is -0.337 e. The van der Waals surface area contributed by atoms with Gasteiger partial charge in [-0.2, -0.15) is 13.2 Å². The van der Waals surface area contributed by atoms with E-state index < -0.39 is 23.5 Å². The molecule has 4 rings (SSSR count). The van der Waals surface area contributed by atoms with Gasteiger partial charge in [-0.1, -0.05) is 11.6 Å². The molecule has 0 saturated carbocycles. The molecule has 0 N–H and O–H groups in total. The molecule has 2 fully saturated rings. The van der Waals surface area contributed by atoms with Crippen molar-refractivity contribution in [1.29, 1.82) is 0 Å². The van der Waals surface area contributed by atoms with Crippen molar-refractivity contribution >= 4 is 23.4 Å². The van der Waals surface area contributed by atoms with Crippen molar-refractivity contribution < 1.29 is 27.2 Å². The summed E-state index contributed by atoms with van der Waals surface area (Å²) >= 11 is 5.88. The maximum absolute atomic E-state index is 13.9. The Kier molecular flexibility index (Phi) is 6.63. The van der Waals surface area contributed by atoms with Gasteiger partial charge in [-0.05, 0) is 48.9 Å². The molecule has 176 valence electrons. The third-order valence-electron chi connectivity index (χ3n) is 6.18. The van der Waals surface area contributed by atoms with E-state index in [1.165, 1.54) is 4.90 Å². The first-order chi connectivity index (χ1) is 15.6. The van der Waals surface area contributed by atoms with Crippen LogP contribution in [-0.2, 0) is 6.18 Å². The van der Waals surface area contributed by atoms with Crippen molar-refractivity contribution in [3.8, 4) is 0 Å². The molecule has 0 spiro atoms. The van der Waals surface area contributed by atoms with Crippen molar-refractivity contribution in [2.24, 2.45) is 0 Å². The van der Waals surface area contributed by atoms with Gasteiger partial charge >= 0.3 is 6.18 Å². The molecule has 2 aromatic rings. The zero-order valence-electron chi connectivity index (χ0n) is 17.6. The summed E-state index contributed by atoms with van der Waals surface area (Å²) in [5.41, 5.74) is -0.904. The van der Waals surface area contributed by atoms with Gasteiger partial charge in [-0.15, -0.1) is 0 Å². The second kappa shape index (κ2) is 9.30. The summed E-state index contributed by atoms with van der Waals surface area (Å²) < 4.78 is 52.1. The van der Waals surface area contributed by atoms with Crippen LogP contribution >= 0.6 is 11.6 Å². The van der Waals surface area contributed by atoms with Gasteiger partial charge in [0.05, 0.1) is 5.56 Å². The van der Waals surface area contributed by atoms with E-state index in [9.17, 15) is 27.2 Å². The minimum absolute atomic E-state index is 0.0566. The first-order valence-electron chi connectivity index (χ1n) is 10.6. The lowest BCUT2D eigenvalue weighted by molar-refractivity contribution is -0.140. The van der Waals surface area contributed by atoms with Crippen LogP contribution in [0.2, 0.25) is 5.02 Å². The number of likely N-dealkylation sites (tertiary alicyclic amines) is 1. The molecule has 5 nitrogen and oxygen atoms in total. The standard InChI is InChI=1S/C23H22ClF4N3O2/c24-17-4-1-15(2-5-17)21(32)30-11-9-29(10-12-30)18-7-8-31(14-18)22(33)16-3-6-19(20(25)13-16)23(26,27)28/h1-6,13,18H,7-12,14H2/t18-/m0/s1. The Balaban J connectivity index is 1.32. The van der Waals surface area contributed by atoms with Crippen molar-refractivity contribution in [3.05, 3.63) is 70.0 Å². The molecule has 0 unspecified atom stereocenters. The summed E-state index contributed by atoms with van der Waals surface area (Å²) in [7, 11) is 0. The van der Waals surface area contributed by atoms with Gasteiger partial charge in [0.15, 0.2) is 0 Å². The third kappa shape index (κ3) is 5.14. The van der Waals surface area contributed by atoms with Crippen LogP contribution in [0, 0.1) is 5.82 Å². The van der Waals surface area contributed by atoms with E-state index in [4.69, 9.17) is 11.6 Å². The Hall–Kier alpha value is -2.65. The van der Waals surface area contributed by atoms with Gasteiger partial charge in [0.25, 0.3) is 11.8 Å². The van der Waals surface area contributed by atoms with Crippen LogP contribution in [0.3, 0.4) is 0 Å². The lowest BCUT2D eigenvalue weighted by Crippen LogP contribution is -2.52. The van der Waals surface area contributed by atoms with Crippen LogP contribution in [0.4, 0.5) is 17.6 Å². The highest BCUT2D eigenvalue weighted by Gasteiger charge is 2.36. The number of hydrogen-bond acceptors (Lipinski definition) is 3. The van der Waals surface area contributed by atoms with Crippen molar-refractivity contribution in [1.82, 2.24) is 14.7 Å². The number of rotatable bonds is 3. The Morgan fingerprint density at radius 1 is 0.848 bits per heavy atom. The van der Waals surface area contributed by atoms with Crippen LogP contribution in [0.1, 0.15) is 32.7 Å². The van der Waals surface area contributed by atoms with Crippen LogP contribution in [-0.4, -0.2) is 71.8 Å². The van der Waals surface area contributed by atoms with Crippen LogP contribution in [0.15, 0.2) is 42.5 Å². The highest BCUT2D eigenvalue weighted by Crippen LogP contribution is 2.32. The number of alkyl halides is 3. The first kappa shape index (κ1) is 23.5. The Bertz CT molecular complexity index is 1040. The smallest absolute Gasteiger partial charge is 0.337 e. The van der Waals surface area contributed by atoms with E-state index in [1.54, 1.807) is 29.2 Å². The van der Waals surface area contributed by atoms with Gasteiger partial charge in [-0.25, -0.2) is 4.39 Å². The third-order valence-corrected chi connectivity index (χ3v) is 6.43. The molecule has 0 bridgehead atoms. The number of piperazine rings is 1. The number of nitrogens with zero attached hydrogens (tertiary/aromatic N) is 3. The molecule has 2 saturated heterocycles. The van der Waals surface area contributed by atoms with Crippen molar-refractivity contribution in [3.63, 3.8) is 0 Å². The average Bonchev–Trinajstić information content (AvgIpc) is 3.28. The van der Waals surface area contributed by atoms with E-state index in [0.29, 0.717) is 68.4 Å². The predicted octanol–water partition coefficient (Wildman–Crippen LogP) is 4.17. The second-order valence-corrected chi connectivity index (χ2v) is 8.66. The zero-order chi connectivity index (χ0) is 23.8. The molecule has 2 aromatic carbocycles. The Morgan fingerprint density at radius 2 is 1.45 bits per heavy atom. The molecule has 33 heavy (non-hydrogen) atoms. The maximum atomic E-state index is 13.9. The number of carbonyl (C=O) groups excluding carboxylic acids is 2. The Labute approximate surface area is 193 Å². The Morgan fingerprint density at radius 3 is 2.06 bits per heavy atom. The molecular formula is C23H22ClF4N3O2. The molecule has 0 radical (unpaired) electrons.